The summed E-state index contributed by atoms with van der Waals surface area (Å²) in [6.07, 6.45) is 1.68. The van der Waals surface area contributed by atoms with Gasteiger partial charge in [0, 0.05) is 38.3 Å². The third-order valence-electron chi connectivity index (χ3n) is 3.86. The number of nitrogens with zero attached hydrogens (tertiary/aromatic N) is 2. The Balaban J connectivity index is 2.31. The van der Waals surface area contributed by atoms with E-state index in [0.717, 1.165) is 19.5 Å². The zero-order valence-electron chi connectivity index (χ0n) is 14.2. The SMILES string of the molecule is CN(C)C1CCN(C(CN)CCNC(=O)OC(C)(C)C)C1. The average molecular weight is 300 g/mol. The number of hydrogen-bond acceptors (Lipinski definition) is 5. The van der Waals surface area contributed by atoms with E-state index >= 15 is 0 Å². The Bertz CT molecular complexity index is 328. The predicted molar refractivity (Wildman–Crippen MR) is 85.4 cm³/mol. The van der Waals surface area contributed by atoms with Crippen molar-refractivity contribution in [3.8, 4) is 0 Å². The molecule has 0 spiro atoms. The number of ether oxygens (including phenoxy) is 1. The first-order valence-corrected chi connectivity index (χ1v) is 7.80. The highest BCUT2D eigenvalue weighted by atomic mass is 16.6. The van der Waals surface area contributed by atoms with Gasteiger partial charge >= 0.3 is 6.09 Å². The first-order chi connectivity index (χ1) is 9.73. The van der Waals surface area contributed by atoms with Gasteiger partial charge in [-0.25, -0.2) is 4.79 Å². The van der Waals surface area contributed by atoms with Crippen molar-refractivity contribution in [3.63, 3.8) is 0 Å². The Kier molecular flexibility index (Phi) is 6.90. The highest BCUT2D eigenvalue weighted by Crippen LogP contribution is 2.17. The topological polar surface area (TPSA) is 70.8 Å². The quantitative estimate of drug-likeness (QED) is 0.761. The van der Waals surface area contributed by atoms with Crippen LogP contribution in [0, 0.1) is 0 Å². The Labute approximate surface area is 129 Å². The number of alkyl carbamates (subject to hydrolysis) is 1. The predicted octanol–water partition coefficient (Wildman–Crippen LogP) is 0.864. The summed E-state index contributed by atoms with van der Waals surface area (Å²) in [6, 6.07) is 0.933. The van der Waals surface area contributed by atoms with Crippen molar-refractivity contribution in [3.05, 3.63) is 0 Å². The van der Waals surface area contributed by atoms with Crippen LogP contribution in [0.1, 0.15) is 33.6 Å². The molecule has 0 aromatic carbocycles. The van der Waals surface area contributed by atoms with Gasteiger partial charge in [0.25, 0.3) is 0 Å². The molecule has 1 rings (SSSR count). The fourth-order valence-corrected chi connectivity index (χ4v) is 2.63. The molecule has 6 nitrogen and oxygen atoms in total. The number of nitrogens with two attached hydrogens (primary N) is 1. The van der Waals surface area contributed by atoms with Crippen LogP contribution < -0.4 is 11.1 Å². The van der Waals surface area contributed by atoms with Crippen LogP contribution in [0.25, 0.3) is 0 Å². The summed E-state index contributed by atoms with van der Waals surface area (Å²) in [6.45, 7) is 8.94. The number of likely N-dealkylation sites (N-methyl/N-ethyl adjacent to an activating group) is 1. The molecule has 1 saturated heterocycles. The van der Waals surface area contributed by atoms with Crippen molar-refractivity contribution >= 4 is 6.09 Å². The third-order valence-corrected chi connectivity index (χ3v) is 3.86. The van der Waals surface area contributed by atoms with E-state index < -0.39 is 5.60 Å². The molecule has 21 heavy (non-hydrogen) atoms. The molecule has 0 saturated carbocycles. The molecule has 0 aromatic heterocycles. The highest BCUT2D eigenvalue weighted by Gasteiger charge is 2.28. The average Bonchev–Trinajstić information content (AvgIpc) is 2.82. The lowest BCUT2D eigenvalue weighted by Gasteiger charge is -2.28. The second-order valence-electron chi connectivity index (χ2n) is 7.01. The zero-order valence-corrected chi connectivity index (χ0v) is 14.2. The van der Waals surface area contributed by atoms with Crippen LogP contribution in [-0.4, -0.2) is 73.9 Å². The van der Waals surface area contributed by atoms with Crippen molar-refractivity contribution in [2.24, 2.45) is 5.73 Å². The molecule has 124 valence electrons. The Morgan fingerprint density at radius 2 is 2.14 bits per heavy atom. The smallest absolute Gasteiger partial charge is 0.407 e. The van der Waals surface area contributed by atoms with Gasteiger partial charge in [-0.2, -0.15) is 0 Å². The second-order valence-corrected chi connectivity index (χ2v) is 7.01. The molecule has 0 aromatic rings. The first-order valence-electron chi connectivity index (χ1n) is 7.80. The van der Waals surface area contributed by atoms with Crippen molar-refractivity contribution in [2.75, 3.05) is 40.3 Å². The van der Waals surface area contributed by atoms with Crippen LogP contribution in [0.3, 0.4) is 0 Å². The second kappa shape index (κ2) is 7.96. The largest absolute Gasteiger partial charge is 0.444 e. The number of amides is 1. The number of nitrogens with one attached hydrogen (secondary N) is 1. The molecule has 0 aliphatic carbocycles. The minimum Gasteiger partial charge on any atom is -0.444 e. The third kappa shape index (κ3) is 6.63. The van der Waals surface area contributed by atoms with E-state index in [1.165, 1.54) is 6.42 Å². The van der Waals surface area contributed by atoms with E-state index in [-0.39, 0.29) is 6.09 Å². The molecule has 1 heterocycles. The van der Waals surface area contributed by atoms with Gasteiger partial charge in [0.05, 0.1) is 0 Å². The molecule has 1 aliphatic heterocycles. The Hall–Kier alpha value is -0.850. The lowest BCUT2D eigenvalue weighted by atomic mass is 10.2. The van der Waals surface area contributed by atoms with Crippen LogP contribution in [0.5, 0.6) is 0 Å². The van der Waals surface area contributed by atoms with Crippen LogP contribution >= 0.6 is 0 Å². The fraction of sp³-hybridized carbons (Fsp3) is 0.933. The summed E-state index contributed by atoms with van der Waals surface area (Å²) >= 11 is 0. The standard InChI is InChI=1S/C15H32N4O2/c1-15(2,3)21-14(20)17-8-6-12(10-16)19-9-7-13(11-19)18(4)5/h12-13H,6-11,16H2,1-5H3,(H,17,20). The van der Waals surface area contributed by atoms with Crippen LogP contribution in [0.15, 0.2) is 0 Å². The molecule has 2 atom stereocenters. The summed E-state index contributed by atoms with van der Waals surface area (Å²) in [5.74, 6) is 0. The van der Waals surface area contributed by atoms with Gasteiger partial charge < -0.3 is 20.7 Å². The van der Waals surface area contributed by atoms with Crippen molar-refractivity contribution in [1.82, 2.24) is 15.1 Å². The van der Waals surface area contributed by atoms with E-state index in [4.69, 9.17) is 10.5 Å². The van der Waals surface area contributed by atoms with E-state index in [9.17, 15) is 4.79 Å². The summed E-state index contributed by atoms with van der Waals surface area (Å²) in [5.41, 5.74) is 5.44. The van der Waals surface area contributed by atoms with Gasteiger partial charge in [-0.05, 0) is 47.7 Å². The monoisotopic (exact) mass is 300 g/mol. The van der Waals surface area contributed by atoms with Crippen LogP contribution in [-0.2, 0) is 4.74 Å². The summed E-state index contributed by atoms with van der Waals surface area (Å²) in [7, 11) is 4.24. The van der Waals surface area contributed by atoms with E-state index in [1.807, 2.05) is 20.8 Å². The van der Waals surface area contributed by atoms with Crippen LogP contribution in [0.2, 0.25) is 0 Å². The normalized spacial score (nSPS) is 21.6. The van der Waals surface area contributed by atoms with Gasteiger partial charge in [-0.1, -0.05) is 0 Å². The molecule has 1 fully saturated rings. The van der Waals surface area contributed by atoms with E-state index in [0.29, 0.717) is 25.2 Å². The maximum atomic E-state index is 11.6. The van der Waals surface area contributed by atoms with E-state index in [2.05, 4.69) is 29.2 Å². The Morgan fingerprint density at radius 1 is 1.48 bits per heavy atom. The lowest BCUT2D eigenvalue weighted by molar-refractivity contribution is 0.0522. The minimum absolute atomic E-state index is 0.324. The highest BCUT2D eigenvalue weighted by molar-refractivity contribution is 5.67. The number of carbonyl (C=O) groups excluding carboxylic acids is 1. The number of likely N-dealkylation sites (tertiary alicyclic amines) is 1. The molecule has 0 radical (unpaired) electrons. The summed E-state index contributed by atoms with van der Waals surface area (Å²) in [5, 5.41) is 2.81. The zero-order chi connectivity index (χ0) is 16.0. The molecular weight excluding hydrogens is 268 g/mol. The van der Waals surface area contributed by atoms with Crippen molar-refractivity contribution in [1.29, 1.82) is 0 Å². The molecule has 1 aliphatic rings. The molecule has 6 heteroatoms. The van der Waals surface area contributed by atoms with Crippen molar-refractivity contribution < 1.29 is 9.53 Å². The van der Waals surface area contributed by atoms with Crippen molar-refractivity contribution in [2.45, 2.75) is 51.3 Å². The number of hydrogen-bond donors (Lipinski definition) is 2. The van der Waals surface area contributed by atoms with Gasteiger partial charge in [0.1, 0.15) is 5.60 Å². The number of rotatable bonds is 6. The van der Waals surface area contributed by atoms with Gasteiger partial charge in [0.15, 0.2) is 0 Å². The van der Waals surface area contributed by atoms with E-state index in [1.54, 1.807) is 0 Å². The Morgan fingerprint density at radius 3 is 2.62 bits per heavy atom. The molecular formula is C15H32N4O2. The first kappa shape index (κ1) is 18.2. The summed E-state index contributed by atoms with van der Waals surface area (Å²) in [4.78, 5) is 16.3. The molecule has 2 unspecified atom stereocenters. The number of carbonyl (C=O) groups is 1. The lowest BCUT2D eigenvalue weighted by Crippen LogP contribution is -2.43. The maximum absolute atomic E-state index is 11.6. The van der Waals surface area contributed by atoms with Gasteiger partial charge in [-0.15, -0.1) is 0 Å². The van der Waals surface area contributed by atoms with Gasteiger partial charge in [-0.3, -0.25) is 4.90 Å². The molecule has 3 N–H and O–H groups in total. The molecule has 0 bridgehead atoms. The fourth-order valence-electron chi connectivity index (χ4n) is 2.63. The maximum Gasteiger partial charge on any atom is 0.407 e. The minimum atomic E-state index is -0.453. The van der Waals surface area contributed by atoms with Gasteiger partial charge in [0.2, 0.25) is 0 Å². The molecule has 1 amide bonds. The van der Waals surface area contributed by atoms with Crippen LogP contribution in [0.4, 0.5) is 4.79 Å². The summed E-state index contributed by atoms with van der Waals surface area (Å²) < 4.78 is 5.23.